The van der Waals surface area contributed by atoms with E-state index in [2.05, 4.69) is 10.6 Å². The summed E-state index contributed by atoms with van der Waals surface area (Å²) in [4.78, 5) is 23.8. The van der Waals surface area contributed by atoms with Gasteiger partial charge in [-0.1, -0.05) is 19.9 Å². The topological polar surface area (TPSA) is 78.4 Å². The van der Waals surface area contributed by atoms with E-state index < -0.39 is 6.10 Å². The largest absolute Gasteiger partial charge is 0.393 e. The third-order valence-corrected chi connectivity index (χ3v) is 3.84. The molecule has 0 radical (unpaired) electrons. The number of hydrogen-bond donors (Lipinski definition) is 3. The molecule has 120 valence electrons. The Bertz CT molecular complexity index is 538. The lowest BCUT2D eigenvalue weighted by molar-refractivity contribution is -0.117. The van der Waals surface area contributed by atoms with Gasteiger partial charge in [0.15, 0.2) is 0 Å². The molecule has 5 heteroatoms. The van der Waals surface area contributed by atoms with Gasteiger partial charge in [-0.05, 0) is 43.4 Å². The van der Waals surface area contributed by atoms with Gasteiger partial charge in [0.25, 0.3) is 5.91 Å². The molecule has 2 rings (SSSR count). The molecule has 0 aromatic heterocycles. The Morgan fingerprint density at radius 2 is 2.05 bits per heavy atom. The summed E-state index contributed by atoms with van der Waals surface area (Å²) >= 11 is 0. The Morgan fingerprint density at radius 1 is 1.32 bits per heavy atom. The SMILES string of the molecule is CC(C)C(O)CCNC(=O)c1cccc(NC(=O)C2CC2)c1. The minimum absolute atomic E-state index is 0.0256. The molecular formula is C17H24N2O3. The van der Waals surface area contributed by atoms with Crippen LogP contribution in [0.1, 0.15) is 43.5 Å². The van der Waals surface area contributed by atoms with Crippen molar-refractivity contribution in [3.63, 3.8) is 0 Å². The lowest BCUT2D eigenvalue weighted by Crippen LogP contribution is -2.28. The molecule has 1 aliphatic rings. The van der Waals surface area contributed by atoms with Crippen molar-refractivity contribution in [2.45, 2.75) is 39.2 Å². The summed E-state index contributed by atoms with van der Waals surface area (Å²) < 4.78 is 0. The molecule has 1 atom stereocenters. The van der Waals surface area contributed by atoms with E-state index >= 15 is 0 Å². The highest BCUT2D eigenvalue weighted by atomic mass is 16.3. The van der Waals surface area contributed by atoms with Crippen LogP contribution < -0.4 is 10.6 Å². The van der Waals surface area contributed by atoms with Crippen molar-refractivity contribution in [3.05, 3.63) is 29.8 Å². The van der Waals surface area contributed by atoms with Crippen LogP contribution in [-0.4, -0.2) is 29.6 Å². The molecule has 1 fully saturated rings. The standard InChI is InChI=1S/C17H24N2O3/c1-11(2)15(20)8-9-18-16(21)13-4-3-5-14(10-13)19-17(22)12-6-7-12/h3-5,10-12,15,20H,6-9H2,1-2H3,(H,18,21)(H,19,22). The zero-order chi connectivity index (χ0) is 16.1. The van der Waals surface area contributed by atoms with Crippen molar-refractivity contribution >= 4 is 17.5 Å². The van der Waals surface area contributed by atoms with Crippen LogP contribution in [0.25, 0.3) is 0 Å². The maximum atomic E-state index is 12.1. The van der Waals surface area contributed by atoms with Gasteiger partial charge in [-0.15, -0.1) is 0 Å². The number of carbonyl (C=O) groups is 2. The van der Waals surface area contributed by atoms with E-state index in [0.29, 0.717) is 24.2 Å². The molecule has 0 aliphatic heterocycles. The van der Waals surface area contributed by atoms with Crippen LogP contribution in [0.5, 0.6) is 0 Å². The number of aliphatic hydroxyl groups is 1. The highest BCUT2D eigenvalue weighted by Gasteiger charge is 2.29. The summed E-state index contributed by atoms with van der Waals surface area (Å²) in [6, 6.07) is 6.91. The van der Waals surface area contributed by atoms with E-state index in [4.69, 9.17) is 0 Å². The Balaban J connectivity index is 1.85. The smallest absolute Gasteiger partial charge is 0.251 e. The predicted octanol–water partition coefficient (Wildman–Crippen LogP) is 2.17. The summed E-state index contributed by atoms with van der Waals surface area (Å²) in [6.07, 6.45) is 2.01. The first-order chi connectivity index (χ1) is 10.5. The summed E-state index contributed by atoms with van der Waals surface area (Å²) in [7, 11) is 0. The molecule has 0 saturated heterocycles. The van der Waals surface area contributed by atoms with E-state index in [-0.39, 0.29) is 23.7 Å². The first-order valence-electron chi connectivity index (χ1n) is 7.84. The van der Waals surface area contributed by atoms with E-state index in [1.807, 2.05) is 13.8 Å². The van der Waals surface area contributed by atoms with Gasteiger partial charge in [0.1, 0.15) is 0 Å². The number of amides is 2. The van der Waals surface area contributed by atoms with Gasteiger partial charge in [-0.25, -0.2) is 0 Å². The highest BCUT2D eigenvalue weighted by Crippen LogP contribution is 2.30. The molecule has 0 heterocycles. The second-order valence-electron chi connectivity index (χ2n) is 6.20. The van der Waals surface area contributed by atoms with Crippen LogP contribution in [0, 0.1) is 11.8 Å². The normalized spacial score (nSPS) is 15.5. The van der Waals surface area contributed by atoms with E-state index in [1.54, 1.807) is 24.3 Å². The molecule has 5 nitrogen and oxygen atoms in total. The fraction of sp³-hybridized carbons (Fsp3) is 0.529. The molecule has 1 saturated carbocycles. The van der Waals surface area contributed by atoms with Crippen LogP contribution in [0.2, 0.25) is 0 Å². The quantitative estimate of drug-likeness (QED) is 0.722. The Kier molecular flexibility index (Phi) is 5.55. The third kappa shape index (κ3) is 4.84. The third-order valence-electron chi connectivity index (χ3n) is 3.84. The number of hydrogen-bond acceptors (Lipinski definition) is 3. The molecule has 3 N–H and O–H groups in total. The highest BCUT2D eigenvalue weighted by molar-refractivity contribution is 5.98. The zero-order valence-corrected chi connectivity index (χ0v) is 13.1. The first kappa shape index (κ1) is 16.5. The average Bonchev–Trinajstić information content (AvgIpc) is 3.31. The predicted molar refractivity (Wildman–Crippen MR) is 85.6 cm³/mol. The number of benzene rings is 1. The van der Waals surface area contributed by atoms with E-state index in [1.165, 1.54) is 0 Å². The van der Waals surface area contributed by atoms with Crippen molar-refractivity contribution < 1.29 is 14.7 Å². The number of aliphatic hydroxyl groups excluding tert-OH is 1. The van der Waals surface area contributed by atoms with E-state index in [9.17, 15) is 14.7 Å². The molecule has 0 spiro atoms. The molecule has 1 aliphatic carbocycles. The van der Waals surface area contributed by atoms with Crippen molar-refractivity contribution in [2.75, 3.05) is 11.9 Å². The first-order valence-corrected chi connectivity index (χ1v) is 7.84. The van der Waals surface area contributed by atoms with Gasteiger partial charge < -0.3 is 15.7 Å². The molecule has 22 heavy (non-hydrogen) atoms. The Morgan fingerprint density at radius 3 is 2.68 bits per heavy atom. The molecule has 2 amide bonds. The molecule has 1 aromatic carbocycles. The van der Waals surface area contributed by atoms with Gasteiger partial charge in [0, 0.05) is 23.7 Å². The lowest BCUT2D eigenvalue weighted by atomic mass is 10.0. The van der Waals surface area contributed by atoms with Crippen LogP contribution in [-0.2, 0) is 4.79 Å². The zero-order valence-electron chi connectivity index (χ0n) is 13.1. The molecule has 1 aromatic rings. The Hall–Kier alpha value is -1.88. The van der Waals surface area contributed by atoms with Gasteiger partial charge in [-0.2, -0.15) is 0 Å². The fourth-order valence-corrected chi connectivity index (χ4v) is 2.10. The second kappa shape index (κ2) is 7.40. The number of nitrogens with one attached hydrogen (secondary N) is 2. The van der Waals surface area contributed by atoms with E-state index in [0.717, 1.165) is 12.8 Å². The van der Waals surface area contributed by atoms with Crippen LogP contribution in [0.4, 0.5) is 5.69 Å². The number of rotatable bonds is 7. The van der Waals surface area contributed by atoms with Crippen molar-refractivity contribution in [1.29, 1.82) is 0 Å². The minimum Gasteiger partial charge on any atom is -0.393 e. The van der Waals surface area contributed by atoms with Gasteiger partial charge >= 0.3 is 0 Å². The average molecular weight is 304 g/mol. The monoisotopic (exact) mass is 304 g/mol. The van der Waals surface area contributed by atoms with Crippen molar-refractivity contribution in [3.8, 4) is 0 Å². The summed E-state index contributed by atoms with van der Waals surface area (Å²) in [6.45, 7) is 4.31. The Labute approximate surface area is 131 Å². The molecule has 0 bridgehead atoms. The number of anilines is 1. The lowest BCUT2D eigenvalue weighted by Gasteiger charge is -2.14. The van der Waals surface area contributed by atoms with Gasteiger partial charge in [0.2, 0.25) is 5.91 Å². The van der Waals surface area contributed by atoms with Gasteiger partial charge in [0.05, 0.1) is 6.10 Å². The maximum absolute atomic E-state index is 12.1. The van der Waals surface area contributed by atoms with Crippen molar-refractivity contribution in [2.24, 2.45) is 11.8 Å². The van der Waals surface area contributed by atoms with Crippen molar-refractivity contribution in [1.82, 2.24) is 5.32 Å². The fourth-order valence-electron chi connectivity index (χ4n) is 2.10. The summed E-state index contributed by atoms with van der Waals surface area (Å²) in [5, 5.41) is 15.3. The maximum Gasteiger partial charge on any atom is 0.251 e. The molecular weight excluding hydrogens is 280 g/mol. The van der Waals surface area contributed by atoms with Gasteiger partial charge in [-0.3, -0.25) is 9.59 Å². The van der Waals surface area contributed by atoms with Crippen LogP contribution in [0.15, 0.2) is 24.3 Å². The molecule has 1 unspecified atom stereocenters. The minimum atomic E-state index is -0.413. The second-order valence-corrected chi connectivity index (χ2v) is 6.20. The summed E-state index contributed by atoms with van der Waals surface area (Å²) in [5.74, 6) is 0.143. The summed E-state index contributed by atoms with van der Waals surface area (Å²) in [5.41, 5.74) is 1.15. The number of carbonyl (C=O) groups excluding carboxylic acids is 2. The van der Waals surface area contributed by atoms with Crippen LogP contribution in [0.3, 0.4) is 0 Å². The van der Waals surface area contributed by atoms with Crippen LogP contribution >= 0.6 is 0 Å².